The summed E-state index contributed by atoms with van der Waals surface area (Å²) in [6, 6.07) is -0.610. The largest absolute Gasteiger partial charge is 0.352 e. The van der Waals surface area contributed by atoms with Gasteiger partial charge in [0.25, 0.3) is 0 Å². The number of carbonyl (C=O) groups is 2. The summed E-state index contributed by atoms with van der Waals surface area (Å²) in [6.45, 7) is 4.07. The van der Waals surface area contributed by atoms with Gasteiger partial charge in [-0.3, -0.25) is 4.79 Å². The van der Waals surface area contributed by atoms with E-state index in [1.807, 2.05) is 0 Å². The number of nitrogens with zero attached hydrogens (tertiary/aromatic N) is 3. The molecule has 2 saturated carbocycles. The second-order valence-electron chi connectivity index (χ2n) is 9.35. The molecule has 8 nitrogen and oxygen atoms in total. The van der Waals surface area contributed by atoms with Gasteiger partial charge in [0.05, 0.1) is 6.04 Å². The first-order valence-electron chi connectivity index (χ1n) is 10.1. The molecule has 3 amide bonds. The second-order valence-corrected chi connectivity index (χ2v) is 10.3. The number of hydrogen-bond donors (Lipinski definition) is 2. The van der Waals surface area contributed by atoms with Crippen LogP contribution >= 0.6 is 0 Å². The molecule has 2 aliphatic carbocycles. The van der Waals surface area contributed by atoms with Gasteiger partial charge in [-0.15, -0.1) is 0 Å². The van der Waals surface area contributed by atoms with E-state index in [4.69, 9.17) is 0 Å². The molecule has 0 aromatic rings. The summed E-state index contributed by atoms with van der Waals surface area (Å²) >= 11 is 0. The molecule has 3 heterocycles. The molecule has 5 fully saturated rings. The highest BCUT2D eigenvalue weighted by atomic mass is 32.2. The Morgan fingerprint density at radius 2 is 1.89 bits per heavy atom. The van der Waals surface area contributed by atoms with E-state index in [0.29, 0.717) is 24.8 Å². The number of nitrogens with one attached hydrogen (secondary N) is 1. The minimum Gasteiger partial charge on any atom is -0.352 e. The Morgan fingerprint density at radius 1 is 1.15 bits per heavy atom. The number of carbonyl (C=O) groups excluding carboxylic acids is 2. The molecule has 150 valence electrons. The summed E-state index contributed by atoms with van der Waals surface area (Å²) in [7, 11) is -2.64. The third-order valence-corrected chi connectivity index (χ3v) is 7.63. The van der Waals surface area contributed by atoms with Crippen LogP contribution in [0.4, 0.5) is 4.79 Å². The Kier molecular flexibility index (Phi) is 4.16. The summed E-state index contributed by atoms with van der Waals surface area (Å²) in [5.74, 6) is 0.626. The lowest BCUT2D eigenvalue weighted by atomic mass is 9.60. The van der Waals surface area contributed by atoms with Crippen molar-refractivity contribution < 1.29 is 18.0 Å². The van der Waals surface area contributed by atoms with Gasteiger partial charge in [-0.1, -0.05) is 0 Å². The fraction of sp³-hybridized carbons (Fsp3) is 0.889. The first kappa shape index (κ1) is 17.7. The molecule has 1 spiro atoms. The zero-order chi connectivity index (χ0) is 18.8. The Balaban J connectivity index is 1.11. The Hall–Kier alpha value is -1.35. The van der Waals surface area contributed by atoms with Crippen molar-refractivity contribution in [3.8, 4) is 0 Å². The zero-order valence-corrected chi connectivity index (χ0v) is 16.4. The molecule has 3 saturated heterocycles. The predicted octanol–water partition coefficient (Wildman–Crippen LogP) is -0.185. The van der Waals surface area contributed by atoms with Crippen LogP contribution in [0, 0.1) is 11.3 Å². The zero-order valence-electron chi connectivity index (χ0n) is 15.5. The summed E-state index contributed by atoms with van der Waals surface area (Å²) in [6.07, 6.45) is 6.18. The van der Waals surface area contributed by atoms with Gasteiger partial charge in [0.15, 0.2) is 10.7 Å². The van der Waals surface area contributed by atoms with Crippen molar-refractivity contribution in [3.05, 3.63) is 0 Å². The van der Waals surface area contributed by atoms with Gasteiger partial charge in [0.1, 0.15) is 11.9 Å². The normalized spacial score (nSPS) is 32.7. The summed E-state index contributed by atoms with van der Waals surface area (Å²) in [5, 5.41) is 3.15. The van der Waals surface area contributed by atoms with Crippen molar-refractivity contribution in [1.29, 1.82) is 0 Å². The molecule has 2 bridgehead atoms. The van der Waals surface area contributed by atoms with Crippen molar-refractivity contribution in [2.24, 2.45) is 11.3 Å². The number of hydrogen-bond acceptors (Lipinski definition) is 5. The molecular weight excluding hydrogens is 368 g/mol. The van der Waals surface area contributed by atoms with E-state index < -0.39 is 16.7 Å². The Morgan fingerprint density at radius 3 is 2.56 bits per heavy atom. The van der Waals surface area contributed by atoms with Crippen molar-refractivity contribution in [2.45, 2.75) is 56.7 Å². The van der Waals surface area contributed by atoms with E-state index in [2.05, 4.69) is 10.2 Å². The van der Waals surface area contributed by atoms with Gasteiger partial charge in [-0.2, -0.15) is 0 Å². The lowest BCUT2D eigenvalue weighted by Gasteiger charge is -2.59. The van der Waals surface area contributed by atoms with Crippen molar-refractivity contribution in [1.82, 2.24) is 20.0 Å². The molecular formula is C18H28N4O4S. The number of rotatable bonds is 6. The minimum atomic E-state index is -2.64. The van der Waals surface area contributed by atoms with Crippen LogP contribution in [0.15, 0.2) is 0 Å². The van der Waals surface area contributed by atoms with Crippen molar-refractivity contribution in [2.75, 3.05) is 32.1 Å². The molecule has 5 rings (SSSR count). The van der Waals surface area contributed by atoms with Crippen LogP contribution in [-0.2, 0) is 15.5 Å². The third-order valence-electron chi connectivity index (χ3n) is 7.10. The van der Waals surface area contributed by atoms with E-state index in [1.165, 1.54) is 37.4 Å². The smallest absolute Gasteiger partial charge is 0.321 e. The van der Waals surface area contributed by atoms with Crippen LogP contribution in [0.1, 0.15) is 38.5 Å². The molecule has 9 heteroatoms. The number of amides is 3. The number of fused-ring (bicyclic) bond motifs is 2. The van der Waals surface area contributed by atoms with Crippen LogP contribution in [-0.4, -0.2) is 85.2 Å². The quantitative estimate of drug-likeness (QED) is 0.608. The maximum Gasteiger partial charge on any atom is 0.321 e. The lowest BCUT2D eigenvalue weighted by Crippen LogP contribution is -2.67. The van der Waals surface area contributed by atoms with Gasteiger partial charge in [-0.05, 0) is 49.9 Å². The van der Waals surface area contributed by atoms with E-state index >= 15 is 0 Å². The number of thiol groups is 1. The maximum atomic E-state index is 12.7. The fourth-order valence-corrected chi connectivity index (χ4v) is 6.25. The maximum absolute atomic E-state index is 12.7. The second kappa shape index (κ2) is 6.34. The van der Waals surface area contributed by atoms with E-state index in [1.54, 1.807) is 4.90 Å². The van der Waals surface area contributed by atoms with Crippen molar-refractivity contribution in [3.63, 3.8) is 0 Å². The molecule has 1 N–H and O–H groups in total. The number of likely N-dealkylation sites (tertiary alicyclic amines) is 1. The molecule has 0 unspecified atom stereocenters. The molecule has 0 radical (unpaired) electrons. The molecule has 2 atom stereocenters. The first-order valence-corrected chi connectivity index (χ1v) is 11.5. The SMILES string of the molecule is O=C(NC1CC2(C1)CN(CC1CC1)C2)[C@@H]1CC[C@@H]2CN1C(=O)N2C[SH](=O)=O. The average molecular weight is 397 g/mol. The molecule has 0 aromatic heterocycles. The standard InChI is InChI=1S/C18H28N4O4S/c23-16(15-4-3-14-8-21(15)17(24)22(14)11-27(25)26)19-13-5-18(6-13)9-20(10-18)7-12-1-2-12/h12-15,27H,1-11H2,(H,19,23)/t14-,15+/m1/s1. The van der Waals surface area contributed by atoms with Gasteiger partial charge in [0, 0.05) is 32.2 Å². The van der Waals surface area contributed by atoms with Gasteiger partial charge in [-0.25, -0.2) is 13.2 Å². The Labute approximate surface area is 161 Å². The summed E-state index contributed by atoms with van der Waals surface area (Å²) in [5.41, 5.74) is 0.421. The lowest BCUT2D eigenvalue weighted by molar-refractivity contribution is -0.132. The van der Waals surface area contributed by atoms with Crippen molar-refractivity contribution >= 4 is 22.6 Å². The number of urea groups is 1. The highest BCUT2D eigenvalue weighted by molar-refractivity contribution is 7.72. The predicted molar refractivity (Wildman–Crippen MR) is 98.7 cm³/mol. The van der Waals surface area contributed by atoms with E-state index in [9.17, 15) is 18.0 Å². The summed E-state index contributed by atoms with van der Waals surface area (Å²) < 4.78 is 22.0. The summed E-state index contributed by atoms with van der Waals surface area (Å²) in [4.78, 5) is 30.8. The molecule has 5 aliphatic rings. The highest BCUT2D eigenvalue weighted by Crippen LogP contribution is 2.49. The minimum absolute atomic E-state index is 0.0656. The van der Waals surface area contributed by atoms with Gasteiger partial charge < -0.3 is 20.0 Å². The monoisotopic (exact) mass is 396 g/mol. The topological polar surface area (TPSA) is 90.0 Å². The van der Waals surface area contributed by atoms with E-state index in [0.717, 1.165) is 18.8 Å². The number of piperidine rings is 1. The van der Waals surface area contributed by atoms with E-state index in [-0.39, 0.29) is 29.9 Å². The average Bonchev–Trinajstić information content (AvgIpc) is 3.35. The van der Waals surface area contributed by atoms with Crippen LogP contribution < -0.4 is 5.32 Å². The highest BCUT2D eigenvalue weighted by Gasteiger charge is 2.54. The van der Waals surface area contributed by atoms with Gasteiger partial charge >= 0.3 is 6.03 Å². The van der Waals surface area contributed by atoms with Crippen LogP contribution in [0.3, 0.4) is 0 Å². The first-order chi connectivity index (χ1) is 12.9. The fourth-order valence-electron chi connectivity index (χ4n) is 5.65. The third kappa shape index (κ3) is 3.22. The molecule has 27 heavy (non-hydrogen) atoms. The Bertz CT molecular complexity index is 715. The van der Waals surface area contributed by atoms with Crippen LogP contribution in [0.25, 0.3) is 0 Å². The van der Waals surface area contributed by atoms with Gasteiger partial charge in [0.2, 0.25) is 5.91 Å². The van der Waals surface area contributed by atoms with Crippen LogP contribution in [0.5, 0.6) is 0 Å². The molecule has 3 aliphatic heterocycles. The van der Waals surface area contributed by atoms with Crippen LogP contribution in [0.2, 0.25) is 0 Å². The molecule has 0 aromatic carbocycles.